The molecule has 1 heterocycles. The number of rotatable bonds is 5. The van der Waals surface area contributed by atoms with E-state index in [1.807, 2.05) is 11.8 Å². The first kappa shape index (κ1) is 26.3. The number of hydrogen-bond donors (Lipinski definition) is 3. The van der Waals surface area contributed by atoms with E-state index < -0.39 is 28.6 Å². The number of allylic oxidation sites excluding steroid dienone is 1. The summed E-state index contributed by atoms with van der Waals surface area (Å²) < 4.78 is 5.87. The fourth-order valence-corrected chi connectivity index (χ4v) is 9.11. The summed E-state index contributed by atoms with van der Waals surface area (Å²) in [6.07, 6.45) is 6.19. The van der Waals surface area contributed by atoms with Gasteiger partial charge in [0.2, 0.25) is 5.91 Å². The van der Waals surface area contributed by atoms with E-state index in [9.17, 15) is 24.9 Å². The molecule has 0 aromatic rings. The van der Waals surface area contributed by atoms with Gasteiger partial charge < -0.3 is 25.0 Å². The van der Waals surface area contributed by atoms with Crippen molar-refractivity contribution >= 4 is 11.7 Å². The average molecular weight is 504 g/mol. The van der Waals surface area contributed by atoms with Crippen molar-refractivity contribution in [1.29, 1.82) is 0 Å². The molecule has 10 atom stereocenters. The Morgan fingerprint density at radius 1 is 1.17 bits per heavy atom. The van der Waals surface area contributed by atoms with E-state index >= 15 is 0 Å². The normalized spacial score (nSPS) is 47.0. The van der Waals surface area contributed by atoms with Gasteiger partial charge in [-0.1, -0.05) is 20.8 Å². The first-order valence-corrected chi connectivity index (χ1v) is 14.2. The Kier molecular flexibility index (Phi) is 6.71. The molecule has 1 aliphatic heterocycles. The summed E-state index contributed by atoms with van der Waals surface area (Å²) in [5.41, 5.74) is -1.19. The summed E-state index contributed by atoms with van der Waals surface area (Å²) in [5.74, 6) is -0.0962. The molecule has 0 bridgehead atoms. The molecule has 0 spiro atoms. The summed E-state index contributed by atoms with van der Waals surface area (Å²) in [6.45, 7) is 9.63. The van der Waals surface area contributed by atoms with Crippen LogP contribution in [0.2, 0.25) is 0 Å². The second-order valence-electron chi connectivity index (χ2n) is 12.9. The maximum Gasteiger partial charge on any atom is 0.222 e. The third kappa shape index (κ3) is 3.75. The molecule has 7 heteroatoms. The van der Waals surface area contributed by atoms with Crippen molar-refractivity contribution in [3.63, 3.8) is 0 Å². The number of carbonyl (C=O) groups excluding carboxylic acids is 2. The Balaban J connectivity index is 1.46. The minimum atomic E-state index is -1.11. The Labute approximate surface area is 215 Å². The first-order valence-electron chi connectivity index (χ1n) is 14.2. The van der Waals surface area contributed by atoms with E-state index in [4.69, 9.17) is 4.74 Å². The van der Waals surface area contributed by atoms with Crippen molar-refractivity contribution in [2.45, 2.75) is 115 Å². The van der Waals surface area contributed by atoms with Gasteiger partial charge in [-0.25, -0.2) is 0 Å². The second kappa shape index (κ2) is 9.18. The zero-order chi connectivity index (χ0) is 26.0. The molecule has 4 aliphatic carbocycles. The molecule has 36 heavy (non-hydrogen) atoms. The van der Waals surface area contributed by atoms with Crippen molar-refractivity contribution in [3.05, 3.63) is 11.6 Å². The van der Waals surface area contributed by atoms with E-state index in [0.717, 1.165) is 44.3 Å². The molecule has 3 saturated carbocycles. The Morgan fingerprint density at radius 2 is 1.92 bits per heavy atom. The molecule has 4 fully saturated rings. The zero-order valence-corrected chi connectivity index (χ0v) is 22.4. The number of aliphatic hydroxyl groups excluding tert-OH is 2. The van der Waals surface area contributed by atoms with E-state index in [1.54, 1.807) is 6.08 Å². The summed E-state index contributed by atoms with van der Waals surface area (Å²) in [6, 6.07) is -0.0351. The smallest absolute Gasteiger partial charge is 0.222 e. The third-order valence-corrected chi connectivity index (χ3v) is 11.3. The van der Waals surface area contributed by atoms with E-state index in [0.29, 0.717) is 25.8 Å². The fraction of sp³-hybridized carbons (Fsp3) is 0.862. The van der Waals surface area contributed by atoms with Crippen molar-refractivity contribution in [2.24, 2.45) is 28.6 Å². The molecular weight excluding hydrogens is 458 g/mol. The van der Waals surface area contributed by atoms with Crippen LogP contribution in [-0.2, 0) is 14.3 Å². The van der Waals surface area contributed by atoms with Gasteiger partial charge in [0.15, 0.2) is 5.78 Å². The molecule has 3 N–H and O–H groups in total. The number of carbonyl (C=O) groups is 2. The van der Waals surface area contributed by atoms with Gasteiger partial charge in [-0.15, -0.1) is 0 Å². The fourth-order valence-electron chi connectivity index (χ4n) is 9.11. The standard InChI is InChI=1S/C29H45NO6/c1-5-26(34)30(16-18-7-6-12-36-18)17(2)19-9-11-29(35)21-13-23(31)22-14-24(32)25(33)15-27(22,3)20(21)8-10-28(19,29)4/h13,17-20,22,24-25,32-33,35H,5-12,14-16H2,1-4H3/t17?,18?,19?,20?,22-,24+,25-,27+,28+,29+/m0/s1. The highest BCUT2D eigenvalue weighted by molar-refractivity contribution is 5.95. The Hall–Kier alpha value is -1.28. The van der Waals surface area contributed by atoms with Crippen LogP contribution in [0.1, 0.15) is 85.5 Å². The number of nitrogens with zero attached hydrogens (tertiary/aromatic N) is 1. The molecule has 0 aromatic carbocycles. The quantitative estimate of drug-likeness (QED) is 0.533. The third-order valence-electron chi connectivity index (χ3n) is 11.3. The van der Waals surface area contributed by atoms with Crippen LogP contribution >= 0.6 is 0 Å². The number of fused-ring (bicyclic) bond motifs is 5. The molecule has 0 aromatic heterocycles. The number of ketones is 1. The Bertz CT molecular complexity index is 929. The zero-order valence-electron chi connectivity index (χ0n) is 22.4. The molecule has 4 unspecified atom stereocenters. The summed E-state index contributed by atoms with van der Waals surface area (Å²) in [7, 11) is 0. The number of ether oxygens (including phenoxy) is 1. The molecular formula is C29H45NO6. The van der Waals surface area contributed by atoms with Crippen LogP contribution in [0.5, 0.6) is 0 Å². The lowest BCUT2D eigenvalue weighted by Crippen LogP contribution is -2.61. The largest absolute Gasteiger partial charge is 0.390 e. The van der Waals surface area contributed by atoms with Gasteiger partial charge in [0, 0.05) is 36.9 Å². The maximum absolute atomic E-state index is 13.4. The minimum Gasteiger partial charge on any atom is -0.390 e. The molecule has 5 aliphatic rings. The average Bonchev–Trinajstić information content (AvgIpc) is 3.44. The Morgan fingerprint density at radius 3 is 2.58 bits per heavy atom. The molecule has 202 valence electrons. The van der Waals surface area contributed by atoms with E-state index in [1.165, 1.54) is 0 Å². The number of amides is 1. The summed E-state index contributed by atoms with van der Waals surface area (Å²) >= 11 is 0. The van der Waals surface area contributed by atoms with Crippen molar-refractivity contribution in [1.82, 2.24) is 4.90 Å². The molecule has 5 rings (SSSR count). The minimum absolute atomic E-state index is 0.00902. The molecule has 0 radical (unpaired) electrons. The van der Waals surface area contributed by atoms with Crippen LogP contribution in [0.15, 0.2) is 11.6 Å². The number of hydrogen-bond acceptors (Lipinski definition) is 6. The lowest BCUT2D eigenvalue weighted by Gasteiger charge is -2.60. The van der Waals surface area contributed by atoms with Gasteiger partial charge in [-0.05, 0) is 87.2 Å². The first-order chi connectivity index (χ1) is 17.0. The van der Waals surface area contributed by atoms with Crippen LogP contribution in [0.3, 0.4) is 0 Å². The van der Waals surface area contributed by atoms with Gasteiger partial charge in [-0.2, -0.15) is 0 Å². The SMILES string of the molecule is CCC(=O)N(CC1CCCO1)C(C)C1CC[C@@]2(O)C3=CC(=O)[C@@H]4C[C@@H](O)[C@@H](O)C[C@]4(C)C3CC[C@]12C. The highest BCUT2D eigenvalue weighted by Gasteiger charge is 2.67. The highest BCUT2D eigenvalue weighted by atomic mass is 16.5. The van der Waals surface area contributed by atoms with Crippen LogP contribution in [0.25, 0.3) is 0 Å². The topological polar surface area (TPSA) is 107 Å². The van der Waals surface area contributed by atoms with Gasteiger partial charge in [0.1, 0.15) is 0 Å². The molecule has 1 amide bonds. The van der Waals surface area contributed by atoms with Gasteiger partial charge in [0.05, 0.1) is 23.9 Å². The van der Waals surface area contributed by atoms with Gasteiger partial charge in [-0.3, -0.25) is 9.59 Å². The second-order valence-corrected chi connectivity index (χ2v) is 12.9. The monoisotopic (exact) mass is 503 g/mol. The summed E-state index contributed by atoms with van der Waals surface area (Å²) in [4.78, 5) is 28.5. The van der Waals surface area contributed by atoms with Crippen molar-refractivity contribution in [2.75, 3.05) is 13.2 Å². The van der Waals surface area contributed by atoms with Gasteiger partial charge >= 0.3 is 0 Å². The molecule has 1 saturated heterocycles. The number of aliphatic hydroxyl groups is 3. The van der Waals surface area contributed by atoms with Crippen molar-refractivity contribution in [3.8, 4) is 0 Å². The van der Waals surface area contributed by atoms with E-state index in [2.05, 4.69) is 20.8 Å². The van der Waals surface area contributed by atoms with Crippen LogP contribution < -0.4 is 0 Å². The maximum atomic E-state index is 13.4. The predicted octanol–water partition coefficient (Wildman–Crippen LogP) is 3.00. The predicted molar refractivity (Wildman–Crippen MR) is 135 cm³/mol. The summed E-state index contributed by atoms with van der Waals surface area (Å²) in [5, 5.41) is 33.3. The lowest BCUT2D eigenvalue weighted by atomic mass is 9.46. The van der Waals surface area contributed by atoms with Gasteiger partial charge in [0.25, 0.3) is 0 Å². The molecule has 7 nitrogen and oxygen atoms in total. The van der Waals surface area contributed by atoms with Crippen molar-refractivity contribution < 1.29 is 29.6 Å². The lowest BCUT2D eigenvalue weighted by molar-refractivity contribution is -0.155. The van der Waals surface area contributed by atoms with Crippen LogP contribution in [0.4, 0.5) is 0 Å². The van der Waals surface area contributed by atoms with Crippen LogP contribution in [-0.4, -0.2) is 75.0 Å². The highest BCUT2D eigenvalue weighted by Crippen LogP contribution is 2.67. The van der Waals surface area contributed by atoms with Crippen LogP contribution in [0, 0.1) is 28.6 Å². The van der Waals surface area contributed by atoms with E-state index in [-0.39, 0.29) is 48.0 Å².